The van der Waals surface area contributed by atoms with Crippen molar-refractivity contribution in [1.82, 2.24) is 4.90 Å². The molecule has 19 heavy (non-hydrogen) atoms. The van der Waals surface area contributed by atoms with Gasteiger partial charge in [-0.3, -0.25) is 4.79 Å². The van der Waals surface area contributed by atoms with Crippen LogP contribution < -0.4 is 0 Å². The van der Waals surface area contributed by atoms with Crippen molar-refractivity contribution >= 4 is 25.6 Å². The minimum atomic E-state index is -3.81. The summed E-state index contributed by atoms with van der Waals surface area (Å²) in [4.78, 5) is 13.9. The van der Waals surface area contributed by atoms with Gasteiger partial charge in [-0.2, -0.15) is 0 Å². The molecule has 0 aliphatic carbocycles. The summed E-state index contributed by atoms with van der Waals surface area (Å²) in [6.07, 6.45) is 2.93. The summed E-state index contributed by atoms with van der Waals surface area (Å²) < 4.78 is 22.5. The van der Waals surface area contributed by atoms with Crippen LogP contribution >= 0.6 is 10.7 Å². The van der Waals surface area contributed by atoms with E-state index in [1.165, 1.54) is 18.2 Å². The smallest absolute Gasteiger partial charge is 0.261 e. The Morgan fingerprint density at radius 2 is 2.11 bits per heavy atom. The molecular weight excluding hydrogens is 286 g/mol. The summed E-state index contributed by atoms with van der Waals surface area (Å²) in [5.74, 6) is -0.172. The first kappa shape index (κ1) is 14.1. The molecule has 0 bridgehead atoms. The molecular formula is C13H14ClNO3S. The zero-order chi connectivity index (χ0) is 14.0. The molecule has 1 aliphatic rings. The molecule has 1 aromatic carbocycles. The number of rotatable bonds is 2. The Kier molecular flexibility index (Phi) is 3.96. The number of nitrogens with zero attached hydrogens (tertiary/aromatic N) is 1. The number of halogens is 1. The second kappa shape index (κ2) is 5.35. The SMILES string of the molecule is CC1=CCCN(C(=O)c2cccc(S(=O)(=O)Cl)c2)C1. The number of carbonyl (C=O) groups is 1. The van der Waals surface area contributed by atoms with Gasteiger partial charge in [0.05, 0.1) is 4.90 Å². The second-order valence-corrected chi connectivity index (χ2v) is 7.10. The van der Waals surface area contributed by atoms with E-state index in [9.17, 15) is 13.2 Å². The summed E-state index contributed by atoms with van der Waals surface area (Å²) in [6, 6.07) is 5.81. The fourth-order valence-electron chi connectivity index (χ4n) is 2.05. The van der Waals surface area contributed by atoms with Crippen molar-refractivity contribution in [1.29, 1.82) is 0 Å². The highest BCUT2D eigenvalue weighted by atomic mass is 35.7. The van der Waals surface area contributed by atoms with Crippen molar-refractivity contribution in [2.24, 2.45) is 0 Å². The summed E-state index contributed by atoms with van der Waals surface area (Å²) in [6.45, 7) is 3.20. The molecule has 102 valence electrons. The van der Waals surface area contributed by atoms with Crippen LogP contribution in [0.5, 0.6) is 0 Å². The fourth-order valence-corrected chi connectivity index (χ4v) is 2.84. The van der Waals surface area contributed by atoms with E-state index in [1.54, 1.807) is 11.0 Å². The minimum Gasteiger partial charge on any atom is -0.334 e. The van der Waals surface area contributed by atoms with Crippen LogP contribution in [0.3, 0.4) is 0 Å². The predicted octanol–water partition coefficient (Wildman–Crippen LogP) is 2.41. The highest BCUT2D eigenvalue weighted by Gasteiger charge is 2.20. The third kappa shape index (κ3) is 3.36. The topological polar surface area (TPSA) is 54.5 Å². The number of amides is 1. The molecule has 4 nitrogen and oxygen atoms in total. The average Bonchev–Trinajstić information content (AvgIpc) is 2.37. The molecule has 0 atom stereocenters. The molecule has 0 radical (unpaired) electrons. The van der Waals surface area contributed by atoms with Gasteiger partial charge in [0.2, 0.25) is 0 Å². The van der Waals surface area contributed by atoms with Crippen molar-refractivity contribution in [3.63, 3.8) is 0 Å². The van der Waals surface area contributed by atoms with Gasteiger partial charge in [0, 0.05) is 29.3 Å². The lowest BCUT2D eigenvalue weighted by Gasteiger charge is -2.26. The molecule has 2 rings (SSSR count). The van der Waals surface area contributed by atoms with Crippen LogP contribution in [0.1, 0.15) is 23.7 Å². The van der Waals surface area contributed by atoms with Crippen molar-refractivity contribution < 1.29 is 13.2 Å². The van der Waals surface area contributed by atoms with E-state index in [0.29, 0.717) is 18.7 Å². The van der Waals surface area contributed by atoms with Gasteiger partial charge >= 0.3 is 0 Å². The Labute approximate surface area is 117 Å². The monoisotopic (exact) mass is 299 g/mol. The Morgan fingerprint density at radius 3 is 2.74 bits per heavy atom. The van der Waals surface area contributed by atoms with E-state index < -0.39 is 9.05 Å². The van der Waals surface area contributed by atoms with E-state index >= 15 is 0 Å². The summed E-state index contributed by atoms with van der Waals surface area (Å²) in [7, 11) is 1.47. The molecule has 0 spiro atoms. The molecule has 1 heterocycles. The van der Waals surface area contributed by atoms with E-state index in [2.05, 4.69) is 6.08 Å². The van der Waals surface area contributed by atoms with Gasteiger partial charge in [-0.25, -0.2) is 8.42 Å². The van der Waals surface area contributed by atoms with Crippen molar-refractivity contribution in [3.05, 3.63) is 41.5 Å². The number of hydrogen-bond acceptors (Lipinski definition) is 3. The molecule has 6 heteroatoms. The van der Waals surface area contributed by atoms with Crippen molar-refractivity contribution in [3.8, 4) is 0 Å². The summed E-state index contributed by atoms with van der Waals surface area (Å²) in [5, 5.41) is 0. The van der Waals surface area contributed by atoms with Gasteiger partial charge in [-0.1, -0.05) is 17.7 Å². The first-order valence-electron chi connectivity index (χ1n) is 5.87. The van der Waals surface area contributed by atoms with E-state index in [4.69, 9.17) is 10.7 Å². The second-order valence-electron chi connectivity index (χ2n) is 4.53. The average molecular weight is 300 g/mol. The standard InChI is InChI=1S/C13H14ClNO3S/c1-10-4-3-7-15(9-10)13(16)11-5-2-6-12(8-11)19(14,17)18/h2,4-6,8H,3,7,9H2,1H3. The highest BCUT2D eigenvalue weighted by Crippen LogP contribution is 2.18. The molecule has 1 amide bonds. The third-order valence-corrected chi connectivity index (χ3v) is 4.33. The number of carbonyl (C=O) groups excluding carboxylic acids is 1. The summed E-state index contributed by atoms with van der Waals surface area (Å²) >= 11 is 0. The molecule has 0 saturated heterocycles. The zero-order valence-electron chi connectivity index (χ0n) is 10.5. The normalized spacial score (nSPS) is 16.1. The van der Waals surface area contributed by atoms with Crippen LogP contribution in [-0.4, -0.2) is 32.3 Å². The number of benzene rings is 1. The largest absolute Gasteiger partial charge is 0.334 e. The van der Waals surface area contributed by atoms with Crippen LogP contribution in [0.2, 0.25) is 0 Å². The Bertz CT molecular complexity index is 637. The van der Waals surface area contributed by atoms with Crippen molar-refractivity contribution in [2.75, 3.05) is 13.1 Å². The highest BCUT2D eigenvalue weighted by molar-refractivity contribution is 8.13. The van der Waals surface area contributed by atoms with Gasteiger partial charge in [0.25, 0.3) is 15.0 Å². The Hall–Kier alpha value is -1.33. The van der Waals surface area contributed by atoms with Crippen LogP contribution in [0, 0.1) is 0 Å². The van der Waals surface area contributed by atoms with E-state index in [0.717, 1.165) is 12.0 Å². The van der Waals surface area contributed by atoms with Crippen LogP contribution in [0.4, 0.5) is 0 Å². The molecule has 0 unspecified atom stereocenters. The van der Waals surface area contributed by atoms with E-state index in [1.807, 2.05) is 6.92 Å². The molecule has 1 aliphatic heterocycles. The van der Waals surface area contributed by atoms with Gasteiger partial charge in [-0.15, -0.1) is 0 Å². The summed E-state index contributed by atoms with van der Waals surface area (Å²) in [5.41, 5.74) is 1.48. The predicted molar refractivity (Wildman–Crippen MR) is 73.8 cm³/mol. The van der Waals surface area contributed by atoms with E-state index in [-0.39, 0.29) is 10.8 Å². The van der Waals surface area contributed by atoms with Crippen LogP contribution in [-0.2, 0) is 9.05 Å². The molecule has 0 saturated carbocycles. The van der Waals surface area contributed by atoms with Crippen LogP contribution in [0.15, 0.2) is 40.8 Å². The molecule has 0 fully saturated rings. The lowest BCUT2D eigenvalue weighted by Crippen LogP contribution is -2.35. The number of hydrogen-bond donors (Lipinski definition) is 0. The zero-order valence-corrected chi connectivity index (χ0v) is 12.0. The first-order chi connectivity index (χ1) is 8.88. The molecule has 0 N–H and O–H groups in total. The minimum absolute atomic E-state index is 0.0516. The third-order valence-electron chi connectivity index (χ3n) is 2.98. The maximum Gasteiger partial charge on any atom is 0.261 e. The van der Waals surface area contributed by atoms with Gasteiger partial charge in [-0.05, 0) is 31.5 Å². The first-order valence-corrected chi connectivity index (χ1v) is 8.18. The molecule has 0 aromatic heterocycles. The van der Waals surface area contributed by atoms with Gasteiger partial charge in [0.15, 0.2) is 0 Å². The van der Waals surface area contributed by atoms with Crippen molar-refractivity contribution in [2.45, 2.75) is 18.2 Å². The fraction of sp³-hybridized carbons (Fsp3) is 0.308. The molecule has 1 aromatic rings. The Morgan fingerprint density at radius 1 is 1.37 bits per heavy atom. The lowest BCUT2D eigenvalue weighted by atomic mass is 10.1. The van der Waals surface area contributed by atoms with Gasteiger partial charge in [0.1, 0.15) is 0 Å². The lowest BCUT2D eigenvalue weighted by molar-refractivity contribution is 0.0765. The Balaban J connectivity index is 2.27. The quantitative estimate of drug-likeness (QED) is 0.622. The van der Waals surface area contributed by atoms with Gasteiger partial charge < -0.3 is 4.90 Å². The maximum absolute atomic E-state index is 12.3. The maximum atomic E-state index is 12.3. The van der Waals surface area contributed by atoms with Crippen LogP contribution in [0.25, 0.3) is 0 Å².